The number of hydrogen-bond acceptors (Lipinski definition) is 7. The molecule has 1 rings (SSSR count). The standard InChI is InChI=1S/C22H42O7/c1-3-5-7-8-9-10-11-12-13-14-18(23)28-16-17-19(24)20(25)21(26)22(29-17)27-15-6-4-2/h17,19-22,24-26H,3-16H2,1-2H3/t17-,19-,20+,21-,22?/m1/s1. The van der Waals surface area contributed by atoms with Gasteiger partial charge in [0.1, 0.15) is 31.0 Å². The molecule has 0 radical (unpaired) electrons. The fourth-order valence-electron chi connectivity index (χ4n) is 3.36. The second-order valence-electron chi connectivity index (χ2n) is 8.00. The number of carbonyl (C=O) groups excluding carboxylic acids is 1. The Balaban J connectivity index is 2.19. The van der Waals surface area contributed by atoms with Crippen LogP contribution >= 0.6 is 0 Å². The monoisotopic (exact) mass is 418 g/mol. The van der Waals surface area contributed by atoms with Gasteiger partial charge in [0.2, 0.25) is 0 Å². The van der Waals surface area contributed by atoms with Gasteiger partial charge in [0.15, 0.2) is 6.29 Å². The van der Waals surface area contributed by atoms with Crippen LogP contribution in [0.4, 0.5) is 0 Å². The molecule has 1 aliphatic rings. The molecule has 1 saturated heterocycles. The van der Waals surface area contributed by atoms with Gasteiger partial charge in [-0.2, -0.15) is 0 Å². The summed E-state index contributed by atoms with van der Waals surface area (Å²) in [4.78, 5) is 11.9. The van der Waals surface area contributed by atoms with Crippen LogP contribution < -0.4 is 0 Å². The van der Waals surface area contributed by atoms with E-state index >= 15 is 0 Å². The van der Waals surface area contributed by atoms with Gasteiger partial charge in [-0.3, -0.25) is 4.79 Å². The highest BCUT2D eigenvalue weighted by Crippen LogP contribution is 2.23. The van der Waals surface area contributed by atoms with Crippen molar-refractivity contribution in [1.82, 2.24) is 0 Å². The normalized spacial score (nSPS) is 27.1. The predicted octanol–water partition coefficient (Wildman–Crippen LogP) is 3.07. The summed E-state index contributed by atoms with van der Waals surface area (Å²) >= 11 is 0. The zero-order valence-corrected chi connectivity index (χ0v) is 18.3. The lowest BCUT2D eigenvalue weighted by molar-refractivity contribution is -0.301. The molecule has 3 N–H and O–H groups in total. The zero-order chi connectivity index (χ0) is 21.5. The first kappa shape index (κ1) is 26.3. The van der Waals surface area contributed by atoms with Crippen molar-refractivity contribution in [2.45, 2.75) is 122 Å². The SMILES string of the molecule is CCCCCCCCCCCC(=O)OC[C@H]1OC(OCCCC)[C@H](O)[C@@H](O)[C@@H]1O. The number of carbonyl (C=O) groups is 1. The van der Waals surface area contributed by atoms with Gasteiger partial charge in [-0.15, -0.1) is 0 Å². The Morgan fingerprint density at radius 1 is 0.793 bits per heavy atom. The van der Waals surface area contributed by atoms with E-state index in [1.54, 1.807) is 0 Å². The van der Waals surface area contributed by atoms with Gasteiger partial charge in [0.25, 0.3) is 0 Å². The molecule has 0 aliphatic carbocycles. The molecule has 0 aromatic rings. The molecule has 1 fully saturated rings. The van der Waals surface area contributed by atoms with Crippen LogP contribution in [0.5, 0.6) is 0 Å². The minimum atomic E-state index is -1.41. The Morgan fingerprint density at radius 3 is 2.00 bits per heavy atom. The average molecular weight is 419 g/mol. The third-order valence-electron chi connectivity index (χ3n) is 5.34. The molecule has 0 amide bonds. The molecule has 0 spiro atoms. The Morgan fingerprint density at radius 2 is 1.38 bits per heavy atom. The summed E-state index contributed by atoms with van der Waals surface area (Å²) in [6.45, 7) is 4.43. The number of hydrogen-bond donors (Lipinski definition) is 3. The highest BCUT2D eigenvalue weighted by molar-refractivity contribution is 5.69. The molecule has 7 heteroatoms. The maximum atomic E-state index is 11.9. The fraction of sp³-hybridized carbons (Fsp3) is 0.955. The second kappa shape index (κ2) is 16.0. The molecular formula is C22H42O7. The van der Waals surface area contributed by atoms with E-state index in [4.69, 9.17) is 14.2 Å². The van der Waals surface area contributed by atoms with Crippen molar-refractivity contribution in [2.24, 2.45) is 0 Å². The number of esters is 1. The largest absolute Gasteiger partial charge is 0.463 e. The van der Waals surface area contributed by atoms with Crippen LogP contribution in [-0.2, 0) is 19.0 Å². The zero-order valence-electron chi connectivity index (χ0n) is 18.3. The molecule has 1 heterocycles. The molecule has 1 unspecified atom stereocenters. The summed E-state index contributed by atoms with van der Waals surface area (Å²) in [5.41, 5.74) is 0. The fourth-order valence-corrected chi connectivity index (χ4v) is 3.36. The first-order chi connectivity index (χ1) is 14.0. The van der Waals surface area contributed by atoms with Crippen molar-refractivity contribution < 1.29 is 34.3 Å². The van der Waals surface area contributed by atoms with Crippen LogP contribution in [0.3, 0.4) is 0 Å². The van der Waals surface area contributed by atoms with E-state index in [2.05, 4.69) is 6.92 Å². The van der Waals surface area contributed by atoms with E-state index in [1.165, 1.54) is 38.5 Å². The molecule has 0 saturated carbocycles. The van der Waals surface area contributed by atoms with Crippen molar-refractivity contribution in [3.63, 3.8) is 0 Å². The van der Waals surface area contributed by atoms with Crippen molar-refractivity contribution in [3.8, 4) is 0 Å². The van der Waals surface area contributed by atoms with Crippen molar-refractivity contribution in [1.29, 1.82) is 0 Å². The lowest BCUT2D eigenvalue weighted by Gasteiger charge is -2.39. The van der Waals surface area contributed by atoms with Crippen LogP contribution in [0.25, 0.3) is 0 Å². The summed E-state index contributed by atoms with van der Waals surface area (Å²) < 4.78 is 16.2. The minimum absolute atomic E-state index is 0.172. The van der Waals surface area contributed by atoms with E-state index in [0.29, 0.717) is 13.0 Å². The van der Waals surface area contributed by atoms with E-state index in [1.807, 2.05) is 6.92 Å². The van der Waals surface area contributed by atoms with Crippen molar-refractivity contribution in [3.05, 3.63) is 0 Å². The maximum absolute atomic E-state index is 11.9. The topological polar surface area (TPSA) is 105 Å². The van der Waals surface area contributed by atoms with Gasteiger partial charge < -0.3 is 29.5 Å². The van der Waals surface area contributed by atoms with E-state index in [0.717, 1.165) is 32.1 Å². The molecule has 0 aromatic heterocycles. The third-order valence-corrected chi connectivity index (χ3v) is 5.34. The van der Waals surface area contributed by atoms with E-state index < -0.39 is 30.7 Å². The van der Waals surface area contributed by atoms with Gasteiger partial charge in [0, 0.05) is 13.0 Å². The molecule has 1 aliphatic heterocycles. The summed E-state index contributed by atoms with van der Waals surface area (Å²) in [7, 11) is 0. The molecule has 29 heavy (non-hydrogen) atoms. The number of ether oxygens (including phenoxy) is 3. The van der Waals surface area contributed by atoms with Gasteiger partial charge in [-0.05, 0) is 12.8 Å². The molecular weight excluding hydrogens is 376 g/mol. The molecule has 0 aromatic carbocycles. The molecule has 7 nitrogen and oxygen atoms in total. The number of aliphatic hydroxyl groups excluding tert-OH is 3. The van der Waals surface area contributed by atoms with Crippen LogP contribution in [-0.4, -0.2) is 65.2 Å². The Labute approximate surface area is 175 Å². The van der Waals surface area contributed by atoms with Crippen molar-refractivity contribution in [2.75, 3.05) is 13.2 Å². The smallest absolute Gasteiger partial charge is 0.305 e. The quantitative estimate of drug-likeness (QED) is 0.261. The van der Waals surface area contributed by atoms with Crippen LogP contribution in [0.2, 0.25) is 0 Å². The van der Waals surface area contributed by atoms with Gasteiger partial charge >= 0.3 is 5.97 Å². The number of unbranched alkanes of at least 4 members (excludes halogenated alkanes) is 9. The predicted molar refractivity (Wildman–Crippen MR) is 110 cm³/mol. The highest BCUT2D eigenvalue weighted by atomic mass is 16.7. The molecule has 172 valence electrons. The van der Waals surface area contributed by atoms with Gasteiger partial charge in [-0.1, -0.05) is 71.6 Å². The van der Waals surface area contributed by atoms with Crippen LogP contribution in [0.15, 0.2) is 0 Å². The maximum Gasteiger partial charge on any atom is 0.305 e. The second-order valence-corrected chi connectivity index (χ2v) is 8.00. The third kappa shape index (κ3) is 10.7. The molecule has 5 atom stereocenters. The molecule has 0 bridgehead atoms. The van der Waals surface area contributed by atoms with E-state index in [-0.39, 0.29) is 12.6 Å². The highest BCUT2D eigenvalue weighted by Gasteiger charge is 2.44. The lowest BCUT2D eigenvalue weighted by Crippen LogP contribution is -2.59. The summed E-state index contributed by atoms with van der Waals surface area (Å²) in [5.74, 6) is -0.340. The number of aliphatic hydroxyl groups is 3. The minimum Gasteiger partial charge on any atom is -0.463 e. The van der Waals surface area contributed by atoms with Gasteiger partial charge in [-0.25, -0.2) is 0 Å². The summed E-state index contributed by atoms with van der Waals surface area (Å²) in [6.07, 6.45) is 6.58. The van der Waals surface area contributed by atoms with Gasteiger partial charge in [0.05, 0.1) is 0 Å². The average Bonchev–Trinajstić information content (AvgIpc) is 2.71. The van der Waals surface area contributed by atoms with Crippen molar-refractivity contribution >= 4 is 5.97 Å². The summed E-state index contributed by atoms with van der Waals surface area (Å²) in [6, 6.07) is 0. The Hall–Kier alpha value is -0.730. The van der Waals surface area contributed by atoms with Crippen LogP contribution in [0, 0.1) is 0 Å². The Bertz CT molecular complexity index is 418. The Kier molecular flexibility index (Phi) is 14.5. The first-order valence-electron chi connectivity index (χ1n) is 11.5. The number of rotatable bonds is 16. The first-order valence-corrected chi connectivity index (χ1v) is 11.5. The lowest BCUT2D eigenvalue weighted by atomic mass is 9.99. The van der Waals surface area contributed by atoms with Crippen LogP contribution in [0.1, 0.15) is 90.9 Å². The van der Waals surface area contributed by atoms with E-state index in [9.17, 15) is 20.1 Å². The summed E-state index contributed by atoms with van der Waals surface area (Å²) in [5, 5.41) is 30.1.